The molecule has 94 valence electrons. The van der Waals surface area contributed by atoms with Crippen LogP contribution in [-0.4, -0.2) is 21.5 Å². The van der Waals surface area contributed by atoms with Gasteiger partial charge < -0.3 is 10.4 Å². The van der Waals surface area contributed by atoms with Crippen LogP contribution in [0.25, 0.3) is 0 Å². The van der Waals surface area contributed by atoms with E-state index in [-0.39, 0.29) is 15.6 Å². The van der Waals surface area contributed by atoms with Crippen molar-refractivity contribution in [3.8, 4) is 0 Å². The summed E-state index contributed by atoms with van der Waals surface area (Å²) < 4.78 is 4.23. The SMILES string of the molecule is CC(=O)Nc1no[n+]([O-])c1[N+]([O-])=NC(C)(C)C. The van der Waals surface area contributed by atoms with E-state index in [0.29, 0.717) is 0 Å². The van der Waals surface area contributed by atoms with Crippen molar-refractivity contribution in [2.24, 2.45) is 5.11 Å². The van der Waals surface area contributed by atoms with Gasteiger partial charge in [0.2, 0.25) is 5.91 Å². The molecule has 0 aliphatic heterocycles. The summed E-state index contributed by atoms with van der Waals surface area (Å²) >= 11 is 0. The number of rotatable bonds is 2. The predicted octanol–water partition coefficient (Wildman–Crippen LogP) is 0.659. The molecule has 0 radical (unpaired) electrons. The standard InChI is InChI=1S/C8H13N5O4/c1-5(14)9-6-7(13(16)17-10-6)12(15)11-8(2,3)4/h1-4H3,(H,9,10,14). The summed E-state index contributed by atoms with van der Waals surface area (Å²) in [5, 5.41) is 31.9. The first-order chi connectivity index (χ1) is 7.70. The highest BCUT2D eigenvalue weighted by atomic mass is 16.8. The summed E-state index contributed by atoms with van der Waals surface area (Å²) in [6.07, 6.45) is 0. The monoisotopic (exact) mass is 243 g/mol. The molecule has 0 aliphatic carbocycles. The van der Waals surface area contributed by atoms with Gasteiger partial charge in [0, 0.05) is 6.92 Å². The van der Waals surface area contributed by atoms with Gasteiger partial charge in [0.05, 0.1) is 4.90 Å². The lowest BCUT2D eigenvalue weighted by Gasteiger charge is -2.10. The van der Waals surface area contributed by atoms with E-state index in [1.165, 1.54) is 6.92 Å². The molecule has 0 fully saturated rings. The Labute approximate surface area is 96.8 Å². The maximum Gasteiger partial charge on any atom is 0.496 e. The number of anilines is 1. The fourth-order valence-electron chi connectivity index (χ4n) is 0.970. The summed E-state index contributed by atoms with van der Waals surface area (Å²) in [7, 11) is 0. The third-order valence-electron chi connectivity index (χ3n) is 1.46. The number of nitrogens with one attached hydrogen (secondary N) is 1. The molecule has 1 aromatic rings. The molecule has 0 unspecified atom stereocenters. The Morgan fingerprint density at radius 3 is 2.65 bits per heavy atom. The van der Waals surface area contributed by atoms with Crippen LogP contribution >= 0.6 is 0 Å². The van der Waals surface area contributed by atoms with E-state index in [2.05, 4.69) is 20.2 Å². The molecule has 1 N–H and O–H groups in total. The molecular weight excluding hydrogens is 230 g/mol. The van der Waals surface area contributed by atoms with Crippen molar-refractivity contribution >= 4 is 17.5 Å². The van der Waals surface area contributed by atoms with Crippen LogP contribution in [0.2, 0.25) is 0 Å². The van der Waals surface area contributed by atoms with Gasteiger partial charge in [-0.1, -0.05) is 9.97 Å². The van der Waals surface area contributed by atoms with E-state index in [1.807, 2.05) is 0 Å². The summed E-state index contributed by atoms with van der Waals surface area (Å²) in [4.78, 5) is 10.8. The second kappa shape index (κ2) is 4.36. The zero-order valence-corrected chi connectivity index (χ0v) is 9.92. The maximum atomic E-state index is 11.6. The van der Waals surface area contributed by atoms with Gasteiger partial charge in [-0.2, -0.15) is 4.63 Å². The molecule has 0 aromatic carbocycles. The highest BCUT2D eigenvalue weighted by Gasteiger charge is 2.31. The van der Waals surface area contributed by atoms with Gasteiger partial charge in [0.15, 0.2) is 0 Å². The van der Waals surface area contributed by atoms with Crippen LogP contribution in [0.1, 0.15) is 27.7 Å². The van der Waals surface area contributed by atoms with E-state index in [0.717, 1.165) is 0 Å². The van der Waals surface area contributed by atoms with Crippen LogP contribution in [0.3, 0.4) is 0 Å². The molecule has 17 heavy (non-hydrogen) atoms. The van der Waals surface area contributed by atoms with Crippen LogP contribution in [0.5, 0.6) is 0 Å². The van der Waals surface area contributed by atoms with Gasteiger partial charge in [0.1, 0.15) is 10.7 Å². The third-order valence-corrected chi connectivity index (χ3v) is 1.46. The van der Waals surface area contributed by atoms with Crippen molar-refractivity contribution in [1.29, 1.82) is 0 Å². The van der Waals surface area contributed by atoms with Crippen molar-refractivity contribution in [3.63, 3.8) is 0 Å². The van der Waals surface area contributed by atoms with Crippen LogP contribution in [0.15, 0.2) is 9.74 Å². The molecular formula is C8H13N5O4. The number of hydrogen-bond donors (Lipinski definition) is 1. The largest absolute Gasteiger partial charge is 0.657 e. The zero-order chi connectivity index (χ0) is 13.2. The summed E-state index contributed by atoms with van der Waals surface area (Å²) in [6.45, 7) is 6.25. The van der Waals surface area contributed by atoms with Crippen molar-refractivity contribution in [1.82, 2.24) is 5.16 Å². The minimum Gasteiger partial charge on any atom is -0.657 e. The fraction of sp³-hybridized carbons (Fsp3) is 0.625. The van der Waals surface area contributed by atoms with E-state index < -0.39 is 17.3 Å². The molecule has 1 heterocycles. The number of aromatic nitrogens is 2. The van der Waals surface area contributed by atoms with Crippen molar-refractivity contribution in [3.05, 3.63) is 10.4 Å². The second-order valence-corrected chi connectivity index (χ2v) is 4.33. The molecule has 0 bridgehead atoms. The summed E-state index contributed by atoms with van der Waals surface area (Å²) in [6, 6.07) is 0. The lowest BCUT2D eigenvalue weighted by atomic mass is 10.1. The van der Waals surface area contributed by atoms with Crippen molar-refractivity contribution in [2.75, 3.05) is 5.32 Å². The Morgan fingerprint density at radius 2 is 2.18 bits per heavy atom. The molecule has 9 nitrogen and oxygen atoms in total. The maximum absolute atomic E-state index is 11.6. The highest BCUT2D eigenvalue weighted by Crippen LogP contribution is 2.19. The Bertz CT molecular complexity index is 459. The minimum absolute atomic E-state index is 0.0781. The average Bonchev–Trinajstić information content (AvgIpc) is 2.42. The fourth-order valence-corrected chi connectivity index (χ4v) is 0.970. The normalized spacial score (nSPS) is 12.6. The van der Waals surface area contributed by atoms with E-state index in [1.54, 1.807) is 20.8 Å². The molecule has 9 heteroatoms. The molecule has 0 aliphatic rings. The Morgan fingerprint density at radius 1 is 1.59 bits per heavy atom. The molecule has 0 spiro atoms. The molecule has 0 saturated carbocycles. The molecule has 1 amide bonds. The number of carbonyl (C=O) groups is 1. The van der Waals surface area contributed by atoms with E-state index in [9.17, 15) is 15.2 Å². The van der Waals surface area contributed by atoms with Gasteiger partial charge in [-0.3, -0.25) is 10.1 Å². The molecule has 0 atom stereocenters. The molecule has 1 aromatic heterocycles. The zero-order valence-electron chi connectivity index (χ0n) is 9.92. The predicted molar refractivity (Wildman–Crippen MR) is 55.2 cm³/mol. The van der Waals surface area contributed by atoms with Gasteiger partial charge in [0.25, 0.3) is 0 Å². The number of azo groups is 1. The van der Waals surface area contributed by atoms with Gasteiger partial charge >= 0.3 is 11.6 Å². The first-order valence-electron chi connectivity index (χ1n) is 4.78. The first kappa shape index (κ1) is 12.9. The third kappa shape index (κ3) is 3.40. The topological polar surface area (TPSA) is 121 Å². The molecule has 0 saturated heterocycles. The van der Waals surface area contributed by atoms with Gasteiger partial charge in [-0.25, -0.2) is 0 Å². The van der Waals surface area contributed by atoms with Gasteiger partial charge in [-0.15, -0.1) is 0 Å². The summed E-state index contributed by atoms with van der Waals surface area (Å²) in [5.41, 5.74) is -0.681. The van der Waals surface area contributed by atoms with Crippen LogP contribution in [0.4, 0.5) is 11.6 Å². The summed E-state index contributed by atoms with van der Waals surface area (Å²) in [5.74, 6) is -1.27. The average molecular weight is 243 g/mol. The van der Waals surface area contributed by atoms with Crippen LogP contribution < -0.4 is 10.2 Å². The number of hydrogen-bond acceptors (Lipinski definition) is 6. The number of nitrogens with zero attached hydrogens (tertiary/aromatic N) is 4. The van der Waals surface area contributed by atoms with Gasteiger partial charge in [-0.05, 0) is 20.8 Å². The first-order valence-corrected chi connectivity index (χ1v) is 4.78. The second-order valence-electron chi connectivity index (χ2n) is 4.33. The highest BCUT2D eigenvalue weighted by molar-refractivity contribution is 5.88. The Hall–Kier alpha value is -2.19. The van der Waals surface area contributed by atoms with Crippen molar-refractivity contribution in [2.45, 2.75) is 33.2 Å². The Balaban J connectivity index is 3.16. The van der Waals surface area contributed by atoms with E-state index in [4.69, 9.17) is 0 Å². The van der Waals surface area contributed by atoms with Crippen molar-refractivity contribution < 1.29 is 19.2 Å². The quantitative estimate of drug-likeness (QED) is 0.354. The van der Waals surface area contributed by atoms with Crippen LogP contribution in [0, 0.1) is 10.4 Å². The lowest BCUT2D eigenvalue weighted by Crippen LogP contribution is -2.28. The van der Waals surface area contributed by atoms with E-state index >= 15 is 0 Å². The number of amides is 1. The minimum atomic E-state index is -0.681. The van der Waals surface area contributed by atoms with Crippen LogP contribution in [-0.2, 0) is 4.79 Å². The molecule has 1 rings (SSSR count). The number of carbonyl (C=O) groups excluding carboxylic acids is 1. The Kier molecular flexibility index (Phi) is 3.30. The lowest BCUT2D eigenvalue weighted by molar-refractivity contribution is -0.829. The smallest absolute Gasteiger partial charge is 0.496 e.